The maximum atomic E-state index is 11.3. The molecule has 1 aromatic rings. The van der Waals surface area contributed by atoms with Gasteiger partial charge in [-0.05, 0) is 18.8 Å². The molecule has 1 saturated carbocycles. The Balaban J connectivity index is 1.96. The monoisotopic (exact) mass is 239 g/mol. The predicted octanol–water partition coefficient (Wildman–Crippen LogP) is 2.76. The molecular weight excluding hydrogens is 222 g/mol. The molecular formula is C12H17NO2S. The number of thiazole rings is 1. The lowest BCUT2D eigenvalue weighted by atomic mass is 10.1. The summed E-state index contributed by atoms with van der Waals surface area (Å²) in [6.07, 6.45) is 1.51. The molecule has 0 spiro atoms. The van der Waals surface area contributed by atoms with Crippen molar-refractivity contribution in [3.8, 4) is 0 Å². The molecule has 0 radical (unpaired) electrons. The Morgan fingerprint density at radius 2 is 2.38 bits per heavy atom. The van der Waals surface area contributed by atoms with Crippen LogP contribution in [0.15, 0.2) is 5.38 Å². The normalized spacial score (nSPS) is 21.8. The highest BCUT2D eigenvalue weighted by Gasteiger charge is 2.48. The Kier molecular flexibility index (Phi) is 3.02. The molecule has 0 bridgehead atoms. The number of hydrogen-bond acceptors (Lipinski definition) is 4. The van der Waals surface area contributed by atoms with E-state index in [-0.39, 0.29) is 5.97 Å². The third kappa shape index (κ3) is 2.43. The summed E-state index contributed by atoms with van der Waals surface area (Å²) in [7, 11) is 0. The number of hydrogen-bond donors (Lipinski definition) is 0. The van der Waals surface area contributed by atoms with Crippen LogP contribution in [0.1, 0.15) is 43.8 Å². The van der Waals surface area contributed by atoms with E-state index in [1.807, 2.05) is 12.3 Å². The lowest BCUT2D eigenvalue weighted by molar-refractivity contribution is -0.142. The Hall–Kier alpha value is -0.900. The lowest BCUT2D eigenvalue weighted by Crippen LogP contribution is -2.07. The van der Waals surface area contributed by atoms with E-state index in [9.17, 15) is 4.79 Å². The van der Waals surface area contributed by atoms with Gasteiger partial charge in [-0.2, -0.15) is 0 Å². The molecule has 1 fully saturated rings. The molecule has 0 amide bonds. The smallest absolute Gasteiger partial charge is 0.311 e. The molecule has 0 saturated heterocycles. The van der Waals surface area contributed by atoms with Gasteiger partial charge in [0.1, 0.15) is 0 Å². The van der Waals surface area contributed by atoms with Crippen molar-refractivity contribution < 1.29 is 9.53 Å². The van der Waals surface area contributed by atoms with E-state index in [0.29, 0.717) is 24.4 Å². The van der Waals surface area contributed by atoms with Crippen LogP contribution in [-0.2, 0) is 16.0 Å². The van der Waals surface area contributed by atoms with Crippen molar-refractivity contribution in [1.82, 2.24) is 4.98 Å². The standard InChI is InChI=1S/C12H17NO2S/c1-4-15-10(14)5-8-7-16-11(13-8)9-6-12(9,2)3/h7,9H,4-6H2,1-3H3. The van der Waals surface area contributed by atoms with Crippen molar-refractivity contribution in [3.63, 3.8) is 0 Å². The minimum Gasteiger partial charge on any atom is -0.466 e. The summed E-state index contributed by atoms with van der Waals surface area (Å²) in [4.78, 5) is 15.8. The van der Waals surface area contributed by atoms with Gasteiger partial charge in [-0.1, -0.05) is 13.8 Å². The van der Waals surface area contributed by atoms with Crippen LogP contribution < -0.4 is 0 Å². The van der Waals surface area contributed by atoms with E-state index in [1.165, 1.54) is 11.4 Å². The van der Waals surface area contributed by atoms with Crippen molar-refractivity contribution in [1.29, 1.82) is 0 Å². The molecule has 0 N–H and O–H groups in total. The molecule has 3 nitrogen and oxygen atoms in total. The SMILES string of the molecule is CCOC(=O)Cc1csc(C2CC2(C)C)n1. The van der Waals surface area contributed by atoms with Crippen molar-refractivity contribution in [2.24, 2.45) is 5.41 Å². The van der Waals surface area contributed by atoms with Crippen LogP contribution in [0.4, 0.5) is 0 Å². The second-order valence-corrected chi connectivity index (χ2v) is 5.79. The molecule has 1 unspecified atom stereocenters. The number of nitrogens with zero attached hydrogens (tertiary/aromatic N) is 1. The molecule has 2 rings (SSSR count). The summed E-state index contributed by atoms with van der Waals surface area (Å²) >= 11 is 1.66. The number of carbonyl (C=O) groups excluding carboxylic acids is 1. The van der Waals surface area contributed by atoms with Crippen molar-refractivity contribution in [2.45, 2.75) is 39.5 Å². The number of esters is 1. The predicted molar refractivity (Wildman–Crippen MR) is 63.6 cm³/mol. The number of aromatic nitrogens is 1. The highest BCUT2D eigenvalue weighted by Crippen LogP contribution is 2.59. The van der Waals surface area contributed by atoms with Gasteiger partial charge in [0.25, 0.3) is 0 Å². The van der Waals surface area contributed by atoms with Gasteiger partial charge in [-0.25, -0.2) is 4.98 Å². The summed E-state index contributed by atoms with van der Waals surface area (Å²) in [5, 5.41) is 3.14. The zero-order chi connectivity index (χ0) is 11.8. The Morgan fingerprint density at radius 1 is 1.69 bits per heavy atom. The Bertz CT molecular complexity index is 397. The minimum absolute atomic E-state index is 0.186. The zero-order valence-corrected chi connectivity index (χ0v) is 10.8. The number of rotatable bonds is 4. The molecule has 1 aliphatic rings. The van der Waals surface area contributed by atoms with Crippen molar-refractivity contribution in [2.75, 3.05) is 6.61 Å². The van der Waals surface area contributed by atoms with E-state index in [2.05, 4.69) is 18.8 Å². The summed E-state index contributed by atoms with van der Waals surface area (Å²) in [5.41, 5.74) is 1.25. The van der Waals surface area contributed by atoms with Crippen LogP contribution in [0.3, 0.4) is 0 Å². The maximum absolute atomic E-state index is 11.3. The lowest BCUT2D eigenvalue weighted by Gasteiger charge is -1.99. The minimum atomic E-state index is -0.186. The highest BCUT2D eigenvalue weighted by atomic mass is 32.1. The summed E-state index contributed by atoms with van der Waals surface area (Å²) in [5.74, 6) is 0.405. The van der Waals surface area contributed by atoms with Crippen LogP contribution in [0.2, 0.25) is 0 Å². The van der Waals surface area contributed by atoms with Crippen molar-refractivity contribution in [3.05, 3.63) is 16.1 Å². The molecule has 4 heteroatoms. The van der Waals surface area contributed by atoms with Gasteiger partial charge in [0.15, 0.2) is 0 Å². The van der Waals surface area contributed by atoms with E-state index >= 15 is 0 Å². The summed E-state index contributed by atoms with van der Waals surface area (Å²) in [6, 6.07) is 0. The number of ether oxygens (including phenoxy) is 1. The largest absolute Gasteiger partial charge is 0.466 e. The Morgan fingerprint density at radius 3 is 2.94 bits per heavy atom. The van der Waals surface area contributed by atoms with Crippen LogP contribution >= 0.6 is 11.3 Å². The van der Waals surface area contributed by atoms with Crippen LogP contribution in [-0.4, -0.2) is 17.6 Å². The van der Waals surface area contributed by atoms with E-state index in [0.717, 1.165) is 5.69 Å². The average Bonchev–Trinajstić information content (AvgIpc) is 2.63. The third-order valence-electron chi connectivity index (χ3n) is 3.01. The Labute approximate surface area is 99.8 Å². The quantitative estimate of drug-likeness (QED) is 0.758. The fraction of sp³-hybridized carbons (Fsp3) is 0.667. The maximum Gasteiger partial charge on any atom is 0.311 e. The molecule has 1 aromatic heterocycles. The van der Waals surface area contributed by atoms with E-state index < -0.39 is 0 Å². The molecule has 88 valence electrons. The van der Waals surface area contributed by atoms with Gasteiger partial charge in [-0.15, -0.1) is 11.3 Å². The van der Waals surface area contributed by atoms with Crippen molar-refractivity contribution >= 4 is 17.3 Å². The molecule has 1 atom stereocenters. The number of carbonyl (C=O) groups is 1. The fourth-order valence-corrected chi connectivity index (χ4v) is 2.94. The third-order valence-corrected chi connectivity index (χ3v) is 4.02. The first-order valence-corrected chi connectivity index (χ1v) is 6.51. The van der Waals surface area contributed by atoms with Gasteiger partial charge in [0.05, 0.1) is 23.7 Å². The first-order chi connectivity index (χ1) is 7.53. The van der Waals surface area contributed by atoms with Gasteiger partial charge < -0.3 is 4.74 Å². The van der Waals surface area contributed by atoms with Crippen LogP contribution in [0.25, 0.3) is 0 Å². The molecule has 16 heavy (non-hydrogen) atoms. The van der Waals surface area contributed by atoms with Gasteiger partial charge in [0.2, 0.25) is 0 Å². The fourth-order valence-electron chi connectivity index (χ4n) is 1.81. The van der Waals surface area contributed by atoms with Gasteiger partial charge in [0, 0.05) is 11.3 Å². The topological polar surface area (TPSA) is 39.2 Å². The second kappa shape index (κ2) is 4.17. The molecule has 1 aliphatic carbocycles. The highest BCUT2D eigenvalue weighted by molar-refractivity contribution is 7.09. The molecule has 0 aromatic carbocycles. The van der Waals surface area contributed by atoms with Crippen LogP contribution in [0.5, 0.6) is 0 Å². The first kappa shape index (κ1) is 11.6. The van der Waals surface area contributed by atoms with E-state index in [1.54, 1.807) is 11.3 Å². The summed E-state index contributed by atoms with van der Waals surface area (Å²) < 4.78 is 4.90. The zero-order valence-electron chi connectivity index (χ0n) is 9.95. The molecule has 0 aliphatic heterocycles. The van der Waals surface area contributed by atoms with Crippen LogP contribution in [0, 0.1) is 5.41 Å². The molecule has 1 heterocycles. The summed E-state index contributed by atoms with van der Waals surface area (Å²) in [6.45, 7) is 6.76. The first-order valence-electron chi connectivity index (χ1n) is 5.63. The van der Waals surface area contributed by atoms with E-state index in [4.69, 9.17) is 4.74 Å². The average molecular weight is 239 g/mol. The van der Waals surface area contributed by atoms with Gasteiger partial charge in [-0.3, -0.25) is 4.79 Å². The second-order valence-electron chi connectivity index (χ2n) is 4.90. The van der Waals surface area contributed by atoms with Gasteiger partial charge >= 0.3 is 5.97 Å².